The Kier molecular flexibility index (Phi) is 6.36. The number of nitrogens with zero attached hydrogens (tertiary/aromatic N) is 4. The molecule has 0 saturated carbocycles. The number of nitrogens with two attached hydrogens (primary N) is 2. The molecular formula is C22H29FN6OS. The molecule has 1 aliphatic carbocycles. The number of piperidine rings is 1. The molecule has 2 unspecified atom stereocenters. The van der Waals surface area contributed by atoms with Crippen LogP contribution in [0.2, 0.25) is 0 Å². The molecule has 0 radical (unpaired) electrons. The number of carbonyl (C=O) groups is 1. The van der Waals surface area contributed by atoms with Crippen molar-refractivity contribution in [3.05, 3.63) is 58.8 Å². The molecule has 0 amide bonds. The lowest BCUT2D eigenvalue weighted by Crippen LogP contribution is -2.52. The summed E-state index contributed by atoms with van der Waals surface area (Å²) in [6.45, 7) is 4.28. The first-order valence-corrected chi connectivity index (χ1v) is 11.4. The summed E-state index contributed by atoms with van der Waals surface area (Å²) in [4.78, 5) is 12.4. The van der Waals surface area contributed by atoms with Gasteiger partial charge in [-0.3, -0.25) is 0 Å². The van der Waals surface area contributed by atoms with E-state index in [4.69, 9.17) is 11.6 Å². The second-order valence-electron chi connectivity index (χ2n) is 8.38. The second-order valence-corrected chi connectivity index (χ2v) is 9.49. The molecule has 2 atom stereocenters. The van der Waals surface area contributed by atoms with E-state index in [0.717, 1.165) is 60.6 Å². The summed E-state index contributed by atoms with van der Waals surface area (Å²) in [5.41, 5.74) is 8.40. The van der Waals surface area contributed by atoms with Crippen molar-refractivity contribution in [3.63, 3.8) is 0 Å². The average molecular weight is 445 g/mol. The first kappa shape index (κ1) is 21.9. The maximum atomic E-state index is 13.3. The van der Waals surface area contributed by atoms with Gasteiger partial charge in [0, 0.05) is 36.9 Å². The Labute approximate surface area is 186 Å². The Morgan fingerprint density at radius 3 is 2.87 bits per heavy atom. The van der Waals surface area contributed by atoms with Gasteiger partial charge in [-0.15, -0.1) is 0 Å². The fourth-order valence-electron chi connectivity index (χ4n) is 4.71. The number of benzene rings is 1. The Balaban J connectivity index is 1.55. The van der Waals surface area contributed by atoms with Crippen LogP contribution in [0.25, 0.3) is 5.69 Å². The third-order valence-corrected chi connectivity index (χ3v) is 7.47. The molecule has 7 nitrogen and oxygen atoms in total. The van der Waals surface area contributed by atoms with Crippen molar-refractivity contribution < 1.29 is 9.18 Å². The van der Waals surface area contributed by atoms with Crippen LogP contribution in [0.5, 0.6) is 0 Å². The van der Waals surface area contributed by atoms with Crippen LogP contribution in [0.1, 0.15) is 31.0 Å². The number of hydrogen-bond donors (Lipinski definition) is 2. The highest BCUT2D eigenvalue weighted by molar-refractivity contribution is 8.00. The monoisotopic (exact) mass is 444 g/mol. The molecule has 0 bridgehead atoms. The molecule has 0 spiro atoms. The van der Waals surface area contributed by atoms with Gasteiger partial charge in [-0.25, -0.2) is 19.2 Å². The topological polar surface area (TPSA) is 93.4 Å². The summed E-state index contributed by atoms with van der Waals surface area (Å²) in [5.74, 6) is 6.09. The van der Waals surface area contributed by atoms with Gasteiger partial charge in [-0.2, -0.15) is 5.10 Å². The molecule has 1 aliphatic heterocycles. The normalized spacial score (nSPS) is 23.8. The predicted molar refractivity (Wildman–Crippen MR) is 120 cm³/mol. The molecule has 1 fully saturated rings. The fourth-order valence-corrected chi connectivity index (χ4v) is 5.73. The lowest BCUT2D eigenvalue weighted by atomic mass is 9.64. The second kappa shape index (κ2) is 9.02. The van der Waals surface area contributed by atoms with E-state index in [1.54, 1.807) is 17.1 Å². The van der Waals surface area contributed by atoms with Gasteiger partial charge in [-0.05, 0) is 73.4 Å². The highest BCUT2D eigenvalue weighted by atomic mass is 32.2. The van der Waals surface area contributed by atoms with Crippen molar-refractivity contribution in [2.45, 2.75) is 32.6 Å². The van der Waals surface area contributed by atoms with E-state index in [2.05, 4.69) is 16.3 Å². The predicted octanol–water partition coefficient (Wildman–Crippen LogP) is 2.61. The van der Waals surface area contributed by atoms with E-state index in [-0.39, 0.29) is 11.7 Å². The quantitative estimate of drug-likeness (QED) is 0.293. The number of fused-ring (bicyclic) bond motifs is 2. The van der Waals surface area contributed by atoms with Crippen molar-refractivity contribution in [1.29, 1.82) is 0 Å². The Bertz CT molecular complexity index is 961. The molecule has 1 saturated heterocycles. The van der Waals surface area contributed by atoms with Gasteiger partial charge < -0.3 is 15.5 Å². The Morgan fingerprint density at radius 2 is 2.19 bits per heavy atom. The largest absolute Gasteiger partial charge is 0.402 e. The summed E-state index contributed by atoms with van der Waals surface area (Å²) < 4.78 is 17.4. The Hall–Kier alpha value is -2.36. The molecule has 166 valence electrons. The fraction of sp³-hybridized carbons (Fsp3) is 0.455. The zero-order valence-corrected chi connectivity index (χ0v) is 18.5. The van der Waals surface area contributed by atoms with Gasteiger partial charge in [0.25, 0.3) is 0 Å². The zero-order chi connectivity index (χ0) is 22.0. The molecule has 1 aromatic heterocycles. The molecule has 4 rings (SSSR count). The van der Waals surface area contributed by atoms with Crippen molar-refractivity contribution in [2.24, 2.45) is 22.9 Å². The lowest BCUT2D eigenvalue weighted by molar-refractivity contribution is -0.122. The smallest absolute Gasteiger partial charge is 0.128 e. The number of carbonyl (C=O) groups excluding carboxylic acids is 1. The molecule has 31 heavy (non-hydrogen) atoms. The van der Waals surface area contributed by atoms with E-state index < -0.39 is 5.41 Å². The van der Waals surface area contributed by atoms with Crippen molar-refractivity contribution in [2.75, 3.05) is 19.6 Å². The summed E-state index contributed by atoms with van der Waals surface area (Å²) in [7, 11) is 0. The lowest BCUT2D eigenvalue weighted by Gasteiger charge is -2.47. The van der Waals surface area contributed by atoms with E-state index in [1.807, 2.05) is 10.9 Å². The van der Waals surface area contributed by atoms with Gasteiger partial charge in [0.2, 0.25) is 0 Å². The summed E-state index contributed by atoms with van der Waals surface area (Å²) in [6, 6.07) is 6.36. The minimum absolute atomic E-state index is 0.236. The maximum Gasteiger partial charge on any atom is 0.128 e. The Morgan fingerprint density at radius 1 is 1.42 bits per heavy atom. The number of aldehydes is 1. The SMILES string of the molecule is CCCN(N)/C(=C\N)SN1CCC2Cc3c(cnn3-c3ccc(F)cc3)CC2(C=O)C1. The van der Waals surface area contributed by atoms with Crippen LogP contribution in [0.4, 0.5) is 4.39 Å². The van der Waals surface area contributed by atoms with Crippen LogP contribution >= 0.6 is 11.9 Å². The summed E-state index contributed by atoms with van der Waals surface area (Å²) in [5, 5.41) is 7.01. The molecule has 1 aromatic carbocycles. The van der Waals surface area contributed by atoms with Crippen LogP contribution in [0, 0.1) is 17.2 Å². The van der Waals surface area contributed by atoms with Crippen molar-refractivity contribution >= 4 is 18.2 Å². The maximum absolute atomic E-state index is 13.3. The van der Waals surface area contributed by atoms with E-state index >= 15 is 0 Å². The van der Waals surface area contributed by atoms with Crippen molar-refractivity contribution in [1.82, 2.24) is 19.1 Å². The van der Waals surface area contributed by atoms with E-state index in [9.17, 15) is 9.18 Å². The highest BCUT2D eigenvalue weighted by Gasteiger charge is 2.48. The highest BCUT2D eigenvalue weighted by Crippen LogP contribution is 2.46. The van der Waals surface area contributed by atoms with Crippen molar-refractivity contribution in [3.8, 4) is 5.69 Å². The van der Waals surface area contributed by atoms with Crippen LogP contribution in [0.15, 0.2) is 41.7 Å². The molecule has 4 N–H and O–H groups in total. The van der Waals surface area contributed by atoms with Crippen LogP contribution in [-0.2, 0) is 17.6 Å². The molecule has 9 heteroatoms. The van der Waals surface area contributed by atoms with Crippen LogP contribution in [0.3, 0.4) is 0 Å². The van der Waals surface area contributed by atoms with Gasteiger partial charge in [0.15, 0.2) is 0 Å². The number of rotatable bonds is 7. The van der Waals surface area contributed by atoms with Gasteiger partial charge in [0.1, 0.15) is 17.1 Å². The third-order valence-electron chi connectivity index (χ3n) is 6.34. The number of aromatic nitrogens is 2. The summed E-state index contributed by atoms with van der Waals surface area (Å²) >= 11 is 1.52. The van der Waals surface area contributed by atoms with Crippen LogP contribution < -0.4 is 11.6 Å². The average Bonchev–Trinajstić information content (AvgIpc) is 3.18. The molecular weight excluding hydrogens is 415 g/mol. The van der Waals surface area contributed by atoms with E-state index in [1.165, 1.54) is 30.3 Å². The summed E-state index contributed by atoms with van der Waals surface area (Å²) in [6.07, 6.45) is 7.78. The zero-order valence-electron chi connectivity index (χ0n) is 17.7. The number of hydrogen-bond acceptors (Lipinski definition) is 7. The first-order chi connectivity index (χ1) is 15.0. The number of halogens is 1. The standard InChI is InChI=1S/C22H29FN6OS/c1-2-8-28(25)21(12-24)31-27-9-7-17-10-20-16(11-22(17,14-27)15-30)13-26-29(20)19-5-3-18(23)4-6-19/h3-6,12-13,15,17H,2,7-11,14,24-25H2,1H3/b21-12+. The van der Waals surface area contributed by atoms with Gasteiger partial charge in [0.05, 0.1) is 11.9 Å². The third kappa shape index (κ3) is 4.22. The number of hydrazine groups is 1. The minimum atomic E-state index is -0.460. The molecule has 2 aliphatic rings. The molecule has 2 aromatic rings. The van der Waals surface area contributed by atoms with E-state index in [0.29, 0.717) is 13.0 Å². The van der Waals surface area contributed by atoms with Crippen LogP contribution in [-0.4, -0.2) is 45.0 Å². The molecule has 2 heterocycles. The van der Waals surface area contributed by atoms with Gasteiger partial charge in [-0.1, -0.05) is 6.92 Å². The minimum Gasteiger partial charge on any atom is -0.402 e. The van der Waals surface area contributed by atoms with Gasteiger partial charge >= 0.3 is 0 Å². The first-order valence-electron chi connectivity index (χ1n) is 10.6.